The number of hydrogen-bond acceptors (Lipinski definition) is 3. The second-order valence-electron chi connectivity index (χ2n) is 3.11. The van der Waals surface area contributed by atoms with E-state index in [-0.39, 0.29) is 12.3 Å². The highest BCUT2D eigenvalue weighted by Crippen LogP contribution is 2.14. The molecule has 0 saturated heterocycles. The van der Waals surface area contributed by atoms with Crippen LogP contribution in [-0.4, -0.2) is 18.9 Å². The summed E-state index contributed by atoms with van der Waals surface area (Å²) in [6.07, 6.45) is 0.958. The van der Waals surface area contributed by atoms with E-state index >= 15 is 0 Å². The van der Waals surface area contributed by atoms with Crippen molar-refractivity contribution < 1.29 is 4.79 Å². The standard InChI is InChI=1S/C11H16N2O/c1-2-9-5-3-4-6-11(9)13-8-10(14)7-12/h3-6,13H,2,7-8,12H2,1H3. The zero-order valence-corrected chi connectivity index (χ0v) is 8.42. The zero-order valence-electron chi connectivity index (χ0n) is 8.42. The molecule has 76 valence electrons. The molecule has 1 rings (SSSR count). The van der Waals surface area contributed by atoms with E-state index in [1.807, 2.05) is 18.2 Å². The molecule has 0 aliphatic carbocycles. The Bertz CT molecular complexity index is 310. The maximum Gasteiger partial charge on any atom is 0.165 e. The molecule has 0 unspecified atom stereocenters. The number of rotatable bonds is 5. The van der Waals surface area contributed by atoms with Crippen molar-refractivity contribution in [1.82, 2.24) is 0 Å². The topological polar surface area (TPSA) is 55.1 Å². The number of Topliss-reactive ketones (excluding diaryl/α,β-unsaturated/α-hetero) is 1. The van der Waals surface area contributed by atoms with Crippen LogP contribution in [0.15, 0.2) is 24.3 Å². The van der Waals surface area contributed by atoms with Gasteiger partial charge >= 0.3 is 0 Å². The van der Waals surface area contributed by atoms with E-state index in [4.69, 9.17) is 5.73 Å². The van der Waals surface area contributed by atoms with Gasteiger partial charge in [-0.2, -0.15) is 0 Å². The minimum Gasteiger partial charge on any atom is -0.378 e. The highest BCUT2D eigenvalue weighted by molar-refractivity contribution is 5.84. The van der Waals surface area contributed by atoms with Crippen LogP contribution in [-0.2, 0) is 11.2 Å². The van der Waals surface area contributed by atoms with Gasteiger partial charge in [-0.3, -0.25) is 4.79 Å². The summed E-state index contributed by atoms with van der Waals surface area (Å²) in [5.74, 6) is 0.0240. The smallest absolute Gasteiger partial charge is 0.165 e. The number of nitrogens with one attached hydrogen (secondary N) is 1. The van der Waals surface area contributed by atoms with E-state index in [2.05, 4.69) is 18.3 Å². The van der Waals surface area contributed by atoms with E-state index < -0.39 is 0 Å². The molecule has 3 nitrogen and oxygen atoms in total. The second-order valence-corrected chi connectivity index (χ2v) is 3.11. The van der Waals surface area contributed by atoms with Gasteiger partial charge in [-0.05, 0) is 18.1 Å². The lowest BCUT2D eigenvalue weighted by atomic mass is 10.1. The predicted molar refractivity (Wildman–Crippen MR) is 58.4 cm³/mol. The molecule has 0 aliphatic rings. The fourth-order valence-electron chi connectivity index (χ4n) is 1.27. The summed E-state index contributed by atoms with van der Waals surface area (Å²) in [5.41, 5.74) is 7.46. The summed E-state index contributed by atoms with van der Waals surface area (Å²) in [7, 11) is 0. The fraction of sp³-hybridized carbons (Fsp3) is 0.364. The van der Waals surface area contributed by atoms with E-state index in [0.29, 0.717) is 6.54 Å². The van der Waals surface area contributed by atoms with Crippen LogP contribution in [0, 0.1) is 0 Å². The van der Waals surface area contributed by atoms with Crippen molar-refractivity contribution in [3.63, 3.8) is 0 Å². The van der Waals surface area contributed by atoms with E-state index in [1.165, 1.54) is 5.56 Å². The van der Waals surface area contributed by atoms with Gasteiger partial charge < -0.3 is 11.1 Å². The number of carbonyl (C=O) groups is 1. The highest BCUT2D eigenvalue weighted by Gasteiger charge is 2.01. The first-order chi connectivity index (χ1) is 6.77. The van der Waals surface area contributed by atoms with Crippen LogP contribution in [0.1, 0.15) is 12.5 Å². The Kier molecular flexibility index (Phi) is 4.13. The first-order valence-electron chi connectivity index (χ1n) is 4.81. The monoisotopic (exact) mass is 192 g/mol. The lowest BCUT2D eigenvalue weighted by Gasteiger charge is -2.09. The lowest BCUT2D eigenvalue weighted by molar-refractivity contribution is -0.116. The molecule has 0 aromatic heterocycles. The Morgan fingerprint density at radius 1 is 1.43 bits per heavy atom. The summed E-state index contributed by atoms with van der Waals surface area (Å²) in [4.78, 5) is 11.0. The molecular weight excluding hydrogens is 176 g/mol. The largest absolute Gasteiger partial charge is 0.378 e. The van der Waals surface area contributed by atoms with Crippen molar-refractivity contribution >= 4 is 11.5 Å². The SMILES string of the molecule is CCc1ccccc1NCC(=O)CN. The van der Waals surface area contributed by atoms with Gasteiger partial charge in [0, 0.05) is 5.69 Å². The van der Waals surface area contributed by atoms with Crippen LogP contribution < -0.4 is 11.1 Å². The molecule has 0 heterocycles. The van der Waals surface area contributed by atoms with Crippen LogP contribution in [0.5, 0.6) is 0 Å². The molecule has 0 atom stereocenters. The number of aryl methyl sites for hydroxylation is 1. The van der Waals surface area contributed by atoms with Crippen molar-refractivity contribution in [2.45, 2.75) is 13.3 Å². The fourth-order valence-corrected chi connectivity index (χ4v) is 1.27. The minimum absolute atomic E-state index is 0.0240. The summed E-state index contributed by atoms with van der Waals surface area (Å²) < 4.78 is 0. The molecule has 0 spiro atoms. The van der Waals surface area contributed by atoms with Crippen molar-refractivity contribution in [3.8, 4) is 0 Å². The maximum absolute atomic E-state index is 11.0. The maximum atomic E-state index is 11.0. The van der Waals surface area contributed by atoms with Gasteiger partial charge in [0.1, 0.15) is 0 Å². The van der Waals surface area contributed by atoms with Gasteiger partial charge in [-0.1, -0.05) is 25.1 Å². The Hall–Kier alpha value is -1.35. The lowest BCUT2D eigenvalue weighted by Crippen LogP contribution is -2.22. The molecular formula is C11H16N2O. The average Bonchev–Trinajstić information content (AvgIpc) is 2.26. The highest BCUT2D eigenvalue weighted by atomic mass is 16.1. The molecule has 1 aromatic carbocycles. The number of benzene rings is 1. The number of nitrogens with two attached hydrogens (primary N) is 1. The van der Waals surface area contributed by atoms with Gasteiger partial charge in [-0.25, -0.2) is 0 Å². The van der Waals surface area contributed by atoms with Crippen LogP contribution in [0.25, 0.3) is 0 Å². The van der Waals surface area contributed by atoms with Crippen molar-refractivity contribution in [1.29, 1.82) is 0 Å². The number of anilines is 1. The van der Waals surface area contributed by atoms with Gasteiger partial charge in [0.05, 0.1) is 13.1 Å². The number of hydrogen-bond donors (Lipinski definition) is 2. The Morgan fingerprint density at radius 2 is 2.14 bits per heavy atom. The van der Waals surface area contributed by atoms with Gasteiger partial charge in [0.15, 0.2) is 5.78 Å². The van der Waals surface area contributed by atoms with Crippen LogP contribution in [0.4, 0.5) is 5.69 Å². The van der Waals surface area contributed by atoms with Gasteiger partial charge in [0.25, 0.3) is 0 Å². The molecule has 14 heavy (non-hydrogen) atoms. The predicted octanol–water partition coefficient (Wildman–Crippen LogP) is 1.19. The first-order valence-corrected chi connectivity index (χ1v) is 4.81. The molecule has 3 heteroatoms. The molecule has 0 saturated carbocycles. The molecule has 0 fully saturated rings. The molecule has 0 aliphatic heterocycles. The third kappa shape index (κ3) is 2.85. The quantitative estimate of drug-likeness (QED) is 0.736. The molecule has 0 radical (unpaired) electrons. The number of para-hydroxylation sites is 1. The Morgan fingerprint density at radius 3 is 2.79 bits per heavy atom. The summed E-state index contributed by atoms with van der Waals surface area (Å²) in [6, 6.07) is 7.97. The average molecular weight is 192 g/mol. The molecule has 3 N–H and O–H groups in total. The Balaban J connectivity index is 2.61. The normalized spacial score (nSPS) is 9.86. The third-order valence-corrected chi connectivity index (χ3v) is 2.10. The van der Waals surface area contributed by atoms with Crippen LogP contribution >= 0.6 is 0 Å². The first kappa shape index (κ1) is 10.7. The van der Waals surface area contributed by atoms with Crippen molar-refractivity contribution in [2.24, 2.45) is 5.73 Å². The van der Waals surface area contributed by atoms with E-state index in [0.717, 1.165) is 12.1 Å². The zero-order chi connectivity index (χ0) is 10.4. The summed E-state index contributed by atoms with van der Waals surface area (Å²) in [6.45, 7) is 2.50. The number of ketones is 1. The van der Waals surface area contributed by atoms with Gasteiger partial charge in [0.2, 0.25) is 0 Å². The summed E-state index contributed by atoms with van der Waals surface area (Å²) in [5, 5.41) is 3.09. The number of carbonyl (C=O) groups excluding carboxylic acids is 1. The van der Waals surface area contributed by atoms with Crippen LogP contribution in [0.3, 0.4) is 0 Å². The Labute approximate surface area is 84.3 Å². The van der Waals surface area contributed by atoms with Crippen molar-refractivity contribution in [2.75, 3.05) is 18.4 Å². The van der Waals surface area contributed by atoms with Gasteiger partial charge in [-0.15, -0.1) is 0 Å². The molecule has 0 amide bonds. The third-order valence-electron chi connectivity index (χ3n) is 2.10. The molecule has 0 bridgehead atoms. The molecule has 1 aromatic rings. The van der Waals surface area contributed by atoms with E-state index in [1.54, 1.807) is 0 Å². The summed E-state index contributed by atoms with van der Waals surface area (Å²) >= 11 is 0. The van der Waals surface area contributed by atoms with Crippen molar-refractivity contribution in [3.05, 3.63) is 29.8 Å². The second kappa shape index (κ2) is 5.40. The van der Waals surface area contributed by atoms with Crippen LogP contribution in [0.2, 0.25) is 0 Å². The minimum atomic E-state index is 0.0240. The van der Waals surface area contributed by atoms with E-state index in [9.17, 15) is 4.79 Å².